The summed E-state index contributed by atoms with van der Waals surface area (Å²) in [7, 11) is 0. The van der Waals surface area contributed by atoms with Crippen LogP contribution in [0, 0.1) is 0 Å². The van der Waals surface area contributed by atoms with Crippen molar-refractivity contribution in [2.75, 3.05) is 33.0 Å². The summed E-state index contributed by atoms with van der Waals surface area (Å²) in [5.41, 5.74) is 1.14. The number of benzene rings is 1. The molecule has 0 aromatic heterocycles. The summed E-state index contributed by atoms with van der Waals surface area (Å²) in [6.45, 7) is 7.30. The van der Waals surface area contributed by atoms with Gasteiger partial charge in [0.05, 0.1) is 6.54 Å². The maximum Gasteiger partial charge on any atom is 0.234 e. The van der Waals surface area contributed by atoms with Gasteiger partial charge < -0.3 is 14.8 Å². The van der Waals surface area contributed by atoms with E-state index in [0.29, 0.717) is 19.9 Å². The van der Waals surface area contributed by atoms with Gasteiger partial charge in [0.2, 0.25) is 12.7 Å². The van der Waals surface area contributed by atoms with Crippen LogP contribution in [0.1, 0.15) is 19.4 Å². The van der Waals surface area contributed by atoms with Crippen molar-refractivity contribution in [1.29, 1.82) is 0 Å². The maximum absolute atomic E-state index is 11.8. The molecule has 0 saturated heterocycles. The summed E-state index contributed by atoms with van der Waals surface area (Å²) < 4.78 is 10.6. The zero-order valence-corrected chi connectivity index (χ0v) is 12.1. The molecule has 0 atom stereocenters. The minimum atomic E-state index is 0.0782. The number of nitrogens with zero attached hydrogens (tertiary/aromatic N) is 1. The molecule has 0 radical (unpaired) electrons. The quantitative estimate of drug-likeness (QED) is 0.819. The number of hydrogen-bond acceptors (Lipinski definition) is 4. The van der Waals surface area contributed by atoms with E-state index >= 15 is 0 Å². The van der Waals surface area contributed by atoms with Crippen molar-refractivity contribution in [1.82, 2.24) is 10.2 Å². The normalized spacial score (nSPS) is 12.8. The minimum absolute atomic E-state index is 0.0782. The Hall–Kier alpha value is -1.75. The molecule has 1 N–H and O–H groups in total. The molecule has 110 valence electrons. The summed E-state index contributed by atoms with van der Waals surface area (Å²) >= 11 is 0. The van der Waals surface area contributed by atoms with Crippen molar-refractivity contribution in [3.63, 3.8) is 0 Å². The van der Waals surface area contributed by atoms with E-state index in [2.05, 4.69) is 24.1 Å². The molecular formula is C15H22N2O3. The monoisotopic (exact) mass is 278 g/mol. The van der Waals surface area contributed by atoms with Crippen molar-refractivity contribution in [3.8, 4) is 11.5 Å². The summed E-state index contributed by atoms with van der Waals surface area (Å²) in [5, 5.41) is 2.95. The van der Waals surface area contributed by atoms with Crippen molar-refractivity contribution in [3.05, 3.63) is 23.8 Å². The van der Waals surface area contributed by atoms with Crippen LogP contribution in [0.4, 0.5) is 0 Å². The highest BCUT2D eigenvalue weighted by Gasteiger charge is 2.13. The number of amides is 1. The Labute approximate surface area is 119 Å². The number of rotatable bonds is 7. The van der Waals surface area contributed by atoms with Gasteiger partial charge in [-0.2, -0.15) is 0 Å². The number of carbonyl (C=O) groups is 1. The number of nitrogens with one attached hydrogen (secondary N) is 1. The van der Waals surface area contributed by atoms with E-state index in [9.17, 15) is 4.79 Å². The van der Waals surface area contributed by atoms with Gasteiger partial charge in [0.25, 0.3) is 0 Å². The highest BCUT2D eigenvalue weighted by Crippen LogP contribution is 2.32. The van der Waals surface area contributed by atoms with Crippen LogP contribution < -0.4 is 14.8 Å². The Kier molecular flexibility index (Phi) is 5.24. The van der Waals surface area contributed by atoms with E-state index in [1.165, 1.54) is 0 Å². The standard InChI is InChI=1S/C15H22N2O3/c1-3-17(4-2)10-15(18)16-8-7-12-5-6-13-14(9-12)20-11-19-13/h5-6,9H,3-4,7-8,10-11H2,1-2H3,(H,16,18). The number of carbonyl (C=O) groups excluding carboxylic acids is 1. The molecule has 5 heteroatoms. The lowest BCUT2D eigenvalue weighted by Crippen LogP contribution is -2.37. The molecule has 1 aromatic carbocycles. The number of ether oxygens (including phenoxy) is 2. The fourth-order valence-corrected chi connectivity index (χ4v) is 2.15. The second-order valence-electron chi connectivity index (χ2n) is 4.75. The Balaban J connectivity index is 1.74. The van der Waals surface area contributed by atoms with E-state index in [1.54, 1.807) is 0 Å². The topological polar surface area (TPSA) is 50.8 Å². The van der Waals surface area contributed by atoms with Gasteiger partial charge in [0, 0.05) is 6.54 Å². The third kappa shape index (κ3) is 3.87. The van der Waals surface area contributed by atoms with Crippen LogP contribution in [-0.2, 0) is 11.2 Å². The Morgan fingerprint density at radius 3 is 2.75 bits per heavy atom. The SMILES string of the molecule is CCN(CC)CC(=O)NCCc1ccc2c(c1)OCO2. The van der Waals surface area contributed by atoms with Crippen LogP contribution in [0.5, 0.6) is 11.5 Å². The largest absolute Gasteiger partial charge is 0.454 e. The molecule has 0 bridgehead atoms. The van der Waals surface area contributed by atoms with Crippen LogP contribution in [0.15, 0.2) is 18.2 Å². The first kappa shape index (κ1) is 14.7. The van der Waals surface area contributed by atoms with Crippen molar-refractivity contribution in [2.45, 2.75) is 20.3 Å². The van der Waals surface area contributed by atoms with Crippen LogP contribution in [0.2, 0.25) is 0 Å². The molecule has 5 nitrogen and oxygen atoms in total. The zero-order chi connectivity index (χ0) is 14.4. The van der Waals surface area contributed by atoms with Crippen LogP contribution in [0.3, 0.4) is 0 Å². The number of hydrogen-bond donors (Lipinski definition) is 1. The average molecular weight is 278 g/mol. The van der Waals surface area contributed by atoms with Gasteiger partial charge in [-0.1, -0.05) is 19.9 Å². The number of fused-ring (bicyclic) bond motifs is 1. The lowest BCUT2D eigenvalue weighted by molar-refractivity contribution is -0.122. The molecule has 0 spiro atoms. The van der Waals surface area contributed by atoms with Gasteiger partial charge in [-0.25, -0.2) is 0 Å². The maximum atomic E-state index is 11.8. The molecule has 20 heavy (non-hydrogen) atoms. The highest BCUT2D eigenvalue weighted by atomic mass is 16.7. The van der Waals surface area contributed by atoms with E-state index in [1.807, 2.05) is 18.2 Å². The van der Waals surface area contributed by atoms with E-state index in [4.69, 9.17) is 9.47 Å². The van der Waals surface area contributed by atoms with Gasteiger partial charge in [-0.3, -0.25) is 9.69 Å². The third-order valence-electron chi connectivity index (χ3n) is 3.43. The Morgan fingerprint density at radius 1 is 1.25 bits per heavy atom. The van der Waals surface area contributed by atoms with Gasteiger partial charge in [0.15, 0.2) is 11.5 Å². The molecule has 1 aliphatic rings. The fraction of sp³-hybridized carbons (Fsp3) is 0.533. The lowest BCUT2D eigenvalue weighted by atomic mass is 10.1. The highest BCUT2D eigenvalue weighted by molar-refractivity contribution is 5.78. The first-order chi connectivity index (χ1) is 9.72. The molecule has 1 aliphatic heterocycles. The van der Waals surface area contributed by atoms with Gasteiger partial charge in [-0.15, -0.1) is 0 Å². The smallest absolute Gasteiger partial charge is 0.234 e. The predicted molar refractivity (Wildman–Crippen MR) is 77.1 cm³/mol. The van der Waals surface area contributed by atoms with Crippen LogP contribution in [-0.4, -0.2) is 43.8 Å². The second kappa shape index (κ2) is 7.14. The molecular weight excluding hydrogens is 256 g/mol. The van der Waals surface area contributed by atoms with E-state index in [-0.39, 0.29) is 5.91 Å². The predicted octanol–water partition coefficient (Wildman–Crippen LogP) is 1.42. The zero-order valence-electron chi connectivity index (χ0n) is 12.1. The Morgan fingerprint density at radius 2 is 2.00 bits per heavy atom. The lowest BCUT2D eigenvalue weighted by Gasteiger charge is -2.17. The number of likely N-dealkylation sites (N-methyl/N-ethyl adjacent to an activating group) is 1. The Bertz CT molecular complexity index is 458. The molecule has 0 aliphatic carbocycles. The second-order valence-corrected chi connectivity index (χ2v) is 4.75. The minimum Gasteiger partial charge on any atom is -0.454 e. The third-order valence-corrected chi connectivity index (χ3v) is 3.43. The molecule has 1 aromatic rings. The fourth-order valence-electron chi connectivity index (χ4n) is 2.15. The van der Waals surface area contributed by atoms with Gasteiger partial charge in [-0.05, 0) is 37.2 Å². The first-order valence-corrected chi connectivity index (χ1v) is 7.10. The van der Waals surface area contributed by atoms with Crippen LogP contribution in [0.25, 0.3) is 0 Å². The summed E-state index contributed by atoms with van der Waals surface area (Å²) in [6, 6.07) is 5.89. The molecule has 2 rings (SSSR count). The van der Waals surface area contributed by atoms with Gasteiger partial charge in [0.1, 0.15) is 0 Å². The van der Waals surface area contributed by atoms with Gasteiger partial charge >= 0.3 is 0 Å². The van der Waals surface area contributed by atoms with Crippen molar-refractivity contribution >= 4 is 5.91 Å². The molecule has 1 heterocycles. The van der Waals surface area contributed by atoms with E-state index in [0.717, 1.165) is 36.6 Å². The summed E-state index contributed by atoms with van der Waals surface area (Å²) in [6.07, 6.45) is 0.792. The molecule has 0 unspecified atom stereocenters. The van der Waals surface area contributed by atoms with Crippen LogP contribution >= 0.6 is 0 Å². The first-order valence-electron chi connectivity index (χ1n) is 7.10. The molecule has 0 saturated carbocycles. The average Bonchev–Trinajstić information content (AvgIpc) is 2.92. The van der Waals surface area contributed by atoms with E-state index < -0.39 is 0 Å². The summed E-state index contributed by atoms with van der Waals surface area (Å²) in [4.78, 5) is 13.8. The molecule has 0 fully saturated rings. The van der Waals surface area contributed by atoms with Crippen molar-refractivity contribution in [2.24, 2.45) is 0 Å². The molecule has 1 amide bonds. The summed E-state index contributed by atoms with van der Waals surface area (Å²) in [5.74, 6) is 1.66. The van der Waals surface area contributed by atoms with Crippen molar-refractivity contribution < 1.29 is 14.3 Å².